The molecule has 2 fully saturated rings. The van der Waals surface area contributed by atoms with Crippen molar-refractivity contribution in [1.29, 1.82) is 0 Å². The Morgan fingerprint density at radius 3 is 2.38 bits per heavy atom. The Labute approximate surface area is 129 Å². The van der Waals surface area contributed by atoms with Crippen LogP contribution in [0.15, 0.2) is 18.3 Å². The van der Waals surface area contributed by atoms with Gasteiger partial charge in [-0.05, 0) is 64.4 Å². The zero-order valence-electron chi connectivity index (χ0n) is 13.6. The second kappa shape index (κ2) is 6.45. The Morgan fingerprint density at radius 2 is 1.81 bits per heavy atom. The summed E-state index contributed by atoms with van der Waals surface area (Å²) in [7, 11) is 2.12. The zero-order valence-corrected chi connectivity index (χ0v) is 13.6. The second-order valence-corrected chi connectivity index (χ2v) is 6.81. The molecule has 1 aromatic rings. The summed E-state index contributed by atoms with van der Waals surface area (Å²) in [6, 6.07) is 4.83. The lowest BCUT2D eigenvalue weighted by atomic mass is 9.81. The zero-order chi connectivity index (χ0) is 14.7. The fraction of sp³-hybridized carbons (Fsp3) is 0.722. The third-order valence-electron chi connectivity index (χ3n) is 5.55. The Bertz CT molecular complexity index is 442. The third kappa shape index (κ3) is 2.86. The van der Waals surface area contributed by atoms with Gasteiger partial charge in [-0.1, -0.05) is 25.3 Å². The molecule has 0 aromatic carbocycles. The molecule has 1 saturated carbocycles. The van der Waals surface area contributed by atoms with E-state index in [1.807, 2.05) is 0 Å². The molecule has 0 bridgehead atoms. The number of nitrogens with zero attached hydrogens (tertiary/aromatic N) is 2. The van der Waals surface area contributed by atoms with E-state index in [9.17, 15) is 0 Å². The average molecular weight is 287 g/mol. The first kappa shape index (κ1) is 15.0. The number of hydrogen-bond donors (Lipinski definition) is 1. The molecule has 1 aliphatic carbocycles. The van der Waals surface area contributed by atoms with Gasteiger partial charge in [-0.3, -0.25) is 9.88 Å². The van der Waals surface area contributed by atoms with Crippen molar-refractivity contribution in [3.8, 4) is 0 Å². The van der Waals surface area contributed by atoms with Gasteiger partial charge in [0.1, 0.15) is 0 Å². The van der Waals surface area contributed by atoms with E-state index in [-0.39, 0.29) is 0 Å². The summed E-state index contributed by atoms with van der Waals surface area (Å²) in [4.78, 5) is 7.33. The molecule has 1 unspecified atom stereocenters. The molecular formula is C18H29N3. The van der Waals surface area contributed by atoms with Crippen molar-refractivity contribution < 1.29 is 0 Å². The summed E-state index contributed by atoms with van der Waals surface area (Å²) in [6.45, 7) is 4.61. The van der Waals surface area contributed by atoms with Gasteiger partial charge in [-0.2, -0.15) is 0 Å². The van der Waals surface area contributed by atoms with Crippen molar-refractivity contribution in [2.45, 2.75) is 63.5 Å². The van der Waals surface area contributed by atoms with E-state index in [0.717, 1.165) is 5.69 Å². The van der Waals surface area contributed by atoms with Gasteiger partial charge in [0.25, 0.3) is 0 Å². The molecule has 1 aliphatic heterocycles. The highest BCUT2D eigenvalue weighted by Gasteiger charge is 2.46. The Hall–Kier alpha value is -0.930. The lowest BCUT2D eigenvalue weighted by Gasteiger charge is -2.48. The number of likely N-dealkylation sites (N-methyl/N-ethyl adjacent to an activating group) is 1. The molecule has 116 valence electrons. The Balaban J connectivity index is 1.91. The smallest absolute Gasteiger partial charge is 0.0520 e. The van der Waals surface area contributed by atoms with Crippen LogP contribution >= 0.6 is 0 Å². The van der Waals surface area contributed by atoms with Crippen LogP contribution in [0.1, 0.15) is 62.2 Å². The first-order valence-electron chi connectivity index (χ1n) is 8.61. The van der Waals surface area contributed by atoms with Gasteiger partial charge in [0.05, 0.1) is 6.04 Å². The normalized spacial score (nSPS) is 24.1. The summed E-state index contributed by atoms with van der Waals surface area (Å²) in [5.74, 6) is 0. The fourth-order valence-electron chi connectivity index (χ4n) is 4.51. The van der Waals surface area contributed by atoms with Gasteiger partial charge in [-0.15, -0.1) is 0 Å². The van der Waals surface area contributed by atoms with Crippen LogP contribution in [-0.4, -0.2) is 35.6 Å². The van der Waals surface area contributed by atoms with E-state index in [0.29, 0.717) is 11.6 Å². The summed E-state index contributed by atoms with van der Waals surface area (Å²) in [5, 5.41) is 3.64. The fourth-order valence-corrected chi connectivity index (χ4v) is 4.51. The maximum Gasteiger partial charge on any atom is 0.0520 e. The Kier molecular flexibility index (Phi) is 4.60. The first-order valence-corrected chi connectivity index (χ1v) is 8.61. The van der Waals surface area contributed by atoms with Crippen molar-refractivity contribution >= 4 is 0 Å². The van der Waals surface area contributed by atoms with E-state index in [2.05, 4.69) is 47.5 Å². The predicted octanol–water partition coefficient (Wildman–Crippen LogP) is 3.45. The van der Waals surface area contributed by atoms with Crippen LogP contribution in [0.2, 0.25) is 0 Å². The maximum absolute atomic E-state index is 4.54. The molecule has 1 atom stereocenters. The highest BCUT2D eigenvalue weighted by atomic mass is 15.2. The van der Waals surface area contributed by atoms with Gasteiger partial charge in [-0.25, -0.2) is 0 Å². The predicted molar refractivity (Wildman–Crippen MR) is 87.4 cm³/mol. The monoisotopic (exact) mass is 287 g/mol. The number of hydrogen-bond acceptors (Lipinski definition) is 3. The van der Waals surface area contributed by atoms with Crippen LogP contribution in [0.5, 0.6) is 0 Å². The van der Waals surface area contributed by atoms with Crippen LogP contribution in [0.3, 0.4) is 0 Å². The van der Waals surface area contributed by atoms with Gasteiger partial charge in [0.15, 0.2) is 0 Å². The molecule has 3 heteroatoms. The minimum absolute atomic E-state index is 0.312. The Morgan fingerprint density at radius 1 is 1.10 bits per heavy atom. The van der Waals surface area contributed by atoms with Crippen LogP contribution in [0.25, 0.3) is 0 Å². The number of pyridine rings is 1. The highest BCUT2D eigenvalue weighted by molar-refractivity contribution is 5.23. The summed E-state index contributed by atoms with van der Waals surface area (Å²) >= 11 is 0. The van der Waals surface area contributed by atoms with Crippen LogP contribution < -0.4 is 5.32 Å². The topological polar surface area (TPSA) is 28.2 Å². The molecule has 0 spiro atoms. The molecule has 1 N–H and O–H groups in total. The molecule has 1 saturated heterocycles. The molecule has 0 radical (unpaired) electrons. The summed E-state index contributed by atoms with van der Waals surface area (Å²) in [6.07, 6.45) is 11.6. The number of nitrogens with one attached hydrogen (secondary N) is 1. The summed E-state index contributed by atoms with van der Waals surface area (Å²) < 4.78 is 0. The van der Waals surface area contributed by atoms with Gasteiger partial charge >= 0.3 is 0 Å². The average Bonchev–Trinajstić information content (AvgIpc) is 3.01. The molecule has 2 aliphatic rings. The SMILES string of the molecule is CNC(c1ccc(C)nc1)C1(N2CCCCC2)CCCC1. The number of piperidine rings is 1. The van der Waals surface area contributed by atoms with E-state index < -0.39 is 0 Å². The molecule has 3 nitrogen and oxygen atoms in total. The van der Waals surface area contributed by atoms with Crippen LogP contribution in [0, 0.1) is 6.92 Å². The van der Waals surface area contributed by atoms with Gasteiger partial charge in [0, 0.05) is 17.4 Å². The largest absolute Gasteiger partial charge is 0.311 e. The third-order valence-corrected chi connectivity index (χ3v) is 5.55. The molecule has 2 heterocycles. The lowest BCUT2D eigenvalue weighted by molar-refractivity contribution is 0.0383. The van der Waals surface area contributed by atoms with Gasteiger partial charge < -0.3 is 5.32 Å². The number of likely N-dealkylation sites (tertiary alicyclic amines) is 1. The minimum Gasteiger partial charge on any atom is -0.311 e. The first-order chi connectivity index (χ1) is 10.3. The van der Waals surface area contributed by atoms with Crippen molar-refractivity contribution in [2.75, 3.05) is 20.1 Å². The van der Waals surface area contributed by atoms with Crippen molar-refractivity contribution in [1.82, 2.24) is 15.2 Å². The van der Waals surface area contributed by atoms with Crippen molar-refractivity contribution in [3.05, 3.63) is 29.6 Å². The van der Waals surface area contributed by atoms with E-state index >= 15 is 0 Å². The number of rotatable bonds is 4. The standard InChI is InChI=1S/C18H29N3/c1-15-8-9-16(14-20-15)17(19-2)18(10-4-5-11-18)21-12-6-3-7-13-21/h8-9,14,17,19H,3-7,10-13H2,1-2H3. The van der Waals surface area contributed by atoms with Crippen molar-refractivity contribution in [3.63, 3.8) is 0 Å². The number of aromatic nitrogens is 1. The van der Waals surface area contributed by atoms with Crippen LogP contribution in [0.4, 0.5) is 0 Å². The van der Waals surface area contributed by atoms with Gasteiger partial charge in [0.2, 0.25) is 0 Å². The molecule has 1 aromatic heterocycles. The van der Waals surface area contributed by atoms with E-state index in [4.69, 9.17) is 0 Å². The minimum atomic E-state index is 0.312. The summed E-state index contributed by atoms with van der Waals surface area (Å²) in [5.41, 5.74) is 2.77. The number of aryl methyl sites for hydroxylation is 1. The second-order valence-electron chi connectivity index (χ2n) is 6.81. The molecule has 3 rings (SSSR count). The maximum atomic E-state index is 4.54. The quantitative estimate of drug-likeness (QED) is 0.919. The highest BCUT2D eigenvalue weighted by Crippen LogP contribution is 2.45. The van der Waals surface area contributed by atoms with E-state index in [1.54, 1.807) is 0 Å². The van der Waals surface area contributed by atoms with Crippen molar-refractivity contribution in [2.24, 2.45) is 0 Å². The molecule has 21 heavy (non-hydrogen) atoms. The molecular weight excluding hydrogens is 258 g/mol. The van der Waals surface area contributed by atoms with Crippen LogP contribution in [-0.2, 0) is 0 Å². The molecule has 0 amide bonds. The lowest BCUT2D eigenvalue weighted by Crippen LogP contribution is -2.56. The van der Waals surface area contributed by atoms with E-state index in [1.165, 1.54) is 63.6 Å².